The summed E-state index contributed by atoms with van der Waals surface area (Å²) in [5.41, 5.74) is 0. The van der Waals surface area contributed by atoms with Gasteiger partial charge in [-0.15, -0.1) is 0 Å². The average molecular weight is 254 g/mol. The Hall–Kier alpha value is -1.89. The van der Waals surface area contributed by atoms with Crippen molar-refractivity contribution in [1.29, 1.82) is 0 Å². The van der Waals surface area contributed by atoms with E-state index in [1.165, 1.54) is 11.8 Å². The summed E-state index contributed by atoms with van der Waals surface area (Å²) in [6.07, 6.45) is 2.83. The number of nitrogens with one attached hydrogen (secondary N) is 1. The minimum absolute atomic E-state index is 0.122. The number of nitrogens with zero attached hydrogens (tertiary/aromatic N) is 1. The Kier molecular flexibility index (Phi) is 3.61. The zero-order valence-corrected chi connectivity index (χ0v) is 9.92. The van der Waals surface area contributed by atoms with Gasteiger partial charge in [0.15, 0.2) is 6.23 Å². The van der Waals surface area contributed by atoms with Gasteiger partial charge in [0, 0.05) is 19.9 Å². The molecule has 7 nitrogen and oxygen atoms in total. The Balaban J connectivity index is 1.85. The van der Waals surface area contributed by atoms with Crippen molar-refractivity contribution in [3.8, 4) is 0 Å². The Labute approximate surface area is 104 Å². The number of carbonyl (C=O) groups is 3. The van der Waals surface area contributed by atoms with E-state index < -0.39 is 12.3 Å². The molecular weight excluding hydrogens is 240 g/mol. The van der Waals surface area contributed by atoms with Crippen molar-refractivity contribution < 1.29 is 23.9 Å². The fourth-order valence-electron chi connectivity index (χ4n) is 1.78. The first-order chi connectivity index (χ1) is 8.56. The molecule has 18 heavy (non-hydrogen) atoms. The highest BCUT2D eigenvalue weighted by Gasteiger charge is 2.32. The molecule has 0 spiro atoms. The largest absolute Gasteiger partial charge is 0.463 e. The van der Waals surface area contributed by atoms with Crippen molar-refractivity contribution >= 4 is 17.9 Å². The van der Waals surface area contributed by atoms with Crippen LogP contribution in [0.4, 0.5) is 4.79 Å². The Morgan fingerprint density at radius 2 is 2.33 bits per heavy atom. The lowest BCUT2D eigenvalue weighted by Gasteiger charge is -2.31. The van der Waals surface area contributed by atoms with Crippen LogP contribution in [0.25, 0.3) is 0 Å². The summed E-state index contributed by atoms with van der Waals surface area (Å²) in [6, 6.07) is -0.464. The highest BCUT2D eigenvalue weighted by atomic mass is 16.6. The molecule has 0 bridgehead atoms. The van der Waals surface area contributed by atoms with Crippen LogP contribution in [0.5, 0.6) is 0 Å². The Morgan fingerprint density at radius 3 is 3.00 bits per heavy atom. The van der Waals surface area contributed by atoms with Crippen molar-refractivity contribution in [2.45, 2.75) is 25.7 Å². The van der Waals surface area contributed by atoms with E-state index in [0.29, 0.717) is 6.54 Å². The van der Waals surface area contributed by atoms with Gasteiger partial charge in [-0.1, -0.05) is 6.08 Å². The number of carbonyl (C=O) groups excluding carboxylic acids is 3. The molecule has 2 aliphatic rings. The minimum Gasteiger partial charge on any atom is -0.463 e. The lowest BCUT2D eigenvalue weighted by atomic mass is 10.3. The van der Waals surface area contributed by atoms with E-state index in [2.05, 4.69) is 5.32 Å². The molecule has 0 radical (unpaired) electrons. The number of urea groups is 1. The van der Waals surface area contributed by atoms with Gasteiger partial charge in [0.25, 0.3) is 0 Å². The number of ether oxygens (including phenoxy) is 2. The topological polar surface area (TPSA) is 84.9 Å². The van der Waals surface area contributed by atoms with Gasteiger partial charge in [0.1, 0.15) is 12.7 Å². The van der Waals surface area contributed by atoms with Crippen LogP contribution in [0.3, 0.4) is 0 Å². The monoisotopic (exact) mass is 254 g/mol. The van der Waals surface area contributed by atoms with Crippen molar-refractivity contribution in [3.05, 3.63) is 12.2 Å². The molecule has 1 fully saturated rings. The third kappa shape index (κ3) is 2.86. The Bertz CT molecular complexity index is 406. The normalized spacial score (nSPS) is 27.3. The summed E-state index contributed by atoms with van der Waals surface area (Å²) in [6.45, 7) is 1.76. The molecule has 1 saturated heterocycles. The van der Waals surface area contributed by atoms with Crippen LogP contribution in [-0.2, 0) is 19.1 Å². The van der Waals surface area contributed by atoms with E-state index in [1.807, 2.05) is 0 Å². The van der Waals surface area contributed by atoms with Crippen molar-refractivity contribution in [2.24, 2.45) is 0 Å². The van der Waals surface area contributed by atoms with Crippen LogP contribution in [0, 0.1) is 0 Å². The second-order valence-corrected chi connectivity index (χ2v) is 4.05. The van der Waals surface area contributed by atoms with Gasteiger partial charge in [-0.05, 0) is 6.08 Å². The zero-order chi connectivity index (χ0) is 13.1. The predicted octanol–water partition coefficient (Wildman–Crippen LogP) is -0.227. The zero-order valence-electron chi connectivity index (χ0n) is 9.92. The van der Waals surface area contributed by atoms with Crippen molar-refractivity contribution in [2.75, 3.05) is 13.2 Å². The Morgan fingerprint density at radius 1 is 1.56 bits per heavy atom. The quantitative estimate of drug-likeness (QED) is 0.555. The highest BCUT2D eigenvalue weighted by Crippen LogP contribution is 2.17. The van der Waals surface area contributed by atoms with E-state index in [4.69, 9.17) is 9.47 Å². The molecule has 2 aliphatic heterocycles. The predicted molar refractivity (Wildman–Crippen MR) is 59.3 cm³/mol. The number of imide groups is 1. The second-order valence-electron chi connectivity index (χ2n) is 4.05. The van der Waals surface area contributed by atoms with Crippen LogP contribution in [0.2, 0.25) is 0 Å². The van der Waals surface area contributed by atoms with Gasteiger partial charge in [-0.25, -0.2) is 4.79 Å². The maximum atomic E-state index is 11.6. The molecule has 0 aromatic heterocycles. The first kappa shape index (κ1) is 12.6. The fourth-order valence-corrected chi connectivity index (χ4v) is 1.78. The van der Waals surface area contributed by atoms with Crippen LogP contribution in [0.1, 0.15) is 13.3 Å². The molecule has 0 aliphatic carbocycles. The number of hydrogen-bond donors (Lipinski definition) is 1. The molecule has 2 unspecified atom stereocenters. The van der Waals surface area contributed by atoms with Crippen LogP contribution in [-0.4, -0.2) is 48.3 Å². The van der Waals surface area contributed by atoms with Gasteiger partial charge >= 0.3 is 12.0 Å². The fraction of sp³-hybridized carbons (Fsp3) is 0.545. The number of amides is 3. The molecule has 2 rings (SSSR count). The van der Waals surface area contributed by atoms with Gasteiger partial charge in [-0.3, -0.25) is 19.8 Å². The molecule has 1 N–H and O–H groups in total. The molecule has 0 saturated carbocycles. The van der Waals surface area contributed by atoms with E-state index in [0.717, 1.165) is 0 Å². The highest BCUT2D eigenvalue weighted by molar-refractivity contribution is 5.96. The summed E-state index contributed by atoms with van der Waals surface area (Å²) in [7, 11) is 0. The van der Waals surface area contributed by atoms with Crippen LogP contribution < -0.4 is 5.32 Å². The summed E-state index contributed by atoms with van der Waals surface area (Å²) < 4.78 is 10.3. The molecule has 0 aromatic carbocycles. The van der Waals surface area contributed by atoms with E-state index in [-0.39, 0.29) is 31.0 Å². The maximum Gasteiger partial charge on any atom is 0.326 e. The van der Waals surface area contributed by atoms with Gasteiger partial charge < -0.3 is 9.47 Å². The molecular formula is C11H14N2O5. The van der Waals surface area contributed by atoms with Crippen LogP contribution >= 0.6 is 0 Å². The minimum atomic E-state index is -0.515. The van der Waals surface area contributed by atoms with Gasteiger partial charge in [0.2, 0.25) is 5.91 Å². The lowest BCUT2D eigenvalue weighted by molar-refractivity contribution is -0.146. The summed E-state index contributed by atoms with van der Waals surface area (Å²) in [4.78, 5) is 34.6. The van der Waals surface area contributed by atoms with Crippen molar-refractivity contribution in [3.63, 3.8) is 0 Å². The molecule has 2 atom stereocenters. The smallest absolute Gasteiger partial charge is 0.326 e. The molecule has 98 valence electrons. The standard InChI is InChI=1S/C11H14N2O5/c1-7(14)17-6-8-2-3-10(18-8)13-5-4-9(15)12-11(13)16/h2-3,8,10H,4-6H2,1H3,(H,12,15,16). The van der Waals surface area contributed by atoms with Crippen LogP contribution in [0.15, 0.2) is 12.2 Å². The van der Waals surface area contributed by atoms with E-state index >= 15 is 0 Å². The first-order valence-electron chi connectivity index (χ1n) is 5.64. The SMILES string of the molecule is CC(=O)OCC1C=CC(N2CCC(=O)NC2=O)O1. The first-order valence-corrected chi connectivity index (χ1v) is 5.64. The molecule has 7 heteroatoms. The average Bonchev–Trinajstić information content (AvgIpc) is 2.75. The van der Waals surface area contributed by atoms with E-state index in [9.17, 15) is 14.4 Å². The molecule has 0 aromatic rings. The number of hydrogen-bond acceptors (Lipinski definition) is 5. The number of rotatable bonds is 3. The summed E-state index contributed by atoms with van der Waals surface area (Å²) in [5, 5.41) is 2.22. The van der Waals surface area contributed by atoms with Gasteiger partial charge in [-0.2, -0.15) is 0 Å². The van der Waals surface area contributed by atoms with Gasteiger partial charge in [0.05, 0.1) is 0 Å². The summed E-state index contributed by atoms with van der Waals surface area (Å²) >= 11 is 0. The molecule has 2 heterocycles. The lowest BCUT2D eigenvalue weighted by Crippen LogP contribution is -2.53. The molecule has 3 amide bonds. The van der Waals surface area contributed by atoms with Crippen molar-refractivity contribution in [1.82, 2.24) is 10.2 Å². The maximum absolute atomic E-state index is 11.6. The summed E-state index contributed by atoms with van der Waals surface area (Å²) in [5.74, 6) is -0.661. The third-order valence-electron chi connectivity index (χ3n) is 2.65. The van der Waals surface area contributed by atoms with E-state index in [1.54, 1.807) is 12.2 Å². The number of esters is 1. The second kappa shape index (κ2) is 5.18. The third-order valence-corrected chi connectivity index (χ3v) is 2.65.